The molecular formula is C10H16F2. The van der Waals surface area contributed by atoms with Crippen LogP contribution in [0, 0.1) is 5.92 Å². The fourth-order valence-electron chi connectivity index (χ4n) is 2.03. The molecule has 0 saturated heterocycles. The summed E-state index contributed by atoms with van der Waals surface area (Å²) in [5, 5.41) is 0. The fourth-order valence-corrected chi connectivity index (χ4v) is 2.03. The Hall–Kier alpha value is -0.400. The third kappa shape index (κ3) is 1.52. The molecule has 0 saturated carbocycles. The van der Waals surface area contributed by atoms with Gasteiger partial charge in [-0.15, -0.1) is 0 Å². The standard InChI is InChI=1S/C10H16F2/c1-4-8-5-6-10(11,12)9(8)7(2)3/h7H,4-6H2,1-3H3. The van der Waals surface area contributed by atoms with E-state index in [2.05, 4.69) is 0 Å². The van der Waals surface area contributed by atoms with Crippen LogP contribution in [0.3, 0.4) is 0 Å². The number of alkyl halides is 2. The van der Waals surface area contributed by atoms with Gasteiger partial charge in [0.15, 0.2) is 0 Å². The van der Waals surface area contributed by atoms with Crippen LogP contribution in [0.5, 0.6) is 0 Å². The minimum atomic E-state index is -2.51. The minimum absolute atomic E-state index is 0.00236. The van der Waals surface area contributed by atoms with E-state index in [0.717, 1.165) is 12.0 Å². The normalized spacial score (nSPS) is 22.5. The third-order valence-corrected chi connectivity index (χ3v) is 2.52. The van der Waals surface area contributed by atoms with Crippen LogP contribution in [0.4, 0.5) is 8.78 Å². The zero-order chi connectivity index (χ0) is 9.35. The molecule has 1 aliphatic rings. The summed E-state index contributed by atoms with van der Waals surface area (Å²) in [7, 11) is 0. The van der Waals surface area contributed by atoms with E-state index in [1.165, 1.54) is 0 Å². The second kappa shape index (κ2) is 3.15. The Labute approximate surface area is 72.7 Å². The van der Waals surface area contributed by atoms with Gasteiger partial charge in [0.05, 0.1) is 0 Å². The first-order chi connectivity index (χ1) is 5.49. The van der Waals surface area contributed by atoms with E-state index in [9.17, 15) is 8.78 Å². The third-order valence-electron chi connectivity index (χ3n) is 2.52. The molecule has 1 rings (SSSR count). The maximum Gasteiger partial charge on any atom is 0.270 e. The van der Waals surface area contributed by atoms with Crippen LogP contribution in [-0.2, 0) is 0 Å². The number of hydrogen-bond donors (Lipinski definition) is 0. The summed E-state index contributed by atoms with van der Waals surface area (Å²) in [5.41, 5.74) is 1.39. The molecule has 12 heavy (non-hydrogen) atoms. The van der Waals surface area contributed by atoms with Crippen molar-refractivity contribution in [2.24, 2.45) is 5.92 Å². The van der Waals surface area contributed by atoms with Gasteiger partial charge in [-0.3, -0.25) is 0 Å². The highest BCUT2D eigenvalue weighted by Crippen LogP contribution is 2.44. The summed E-state index contributed by atoms with van der Waals surface area (Å²) in [6, 6.07) is 0. The van der Waals surface area contributed by atoms with E-state index >= 15 is 0 Å². The van der Waals surface area contributed by atoms with Crippen molar-refractivity contribution in [3.63, 3.8) is 0 Å². The molecule has 0 nitrogen and oxygen atoms in total. The van der Waals surface area contributed by atoms with Crippen LogP contribution in [-0.4, -0.2) is 5.92 Å². The van der Waals surface area contributed by atoms with Crippen molar-refractivity contribution in [3.05, 3.63) is 11.1 Å². The Balaban J connectivity index is 2.97. The van der Waals surface area contributed by atoms with Gasteiger partial charge in [-0.1, -0.05) is 26.3 Å². The predicted molar refractivity (Wildman–Crippen MR) is 46.3 cm³/mol. The highest BCUT2D eigenvalue weighted by molar-refractivity contribution is 5.28. The van der Waals surface area contributed by atoms with Gasteiger partial charge in [-0.2, -0.15) is 0 Å². The van der Waals surface area contributed by atoms with Gasteiger partial charge in [0, 0.05) is 12.0 Å². The van der Waals surface area contributed by atoms with Gasteiger partial charge in [-0.05, 0) is 18.8 Å². The maximum atomic E-state index is 13.2. The Kier molecular flexibility index (Phi) is 2.55. The van der Waals surface area contributed by atoms with E-state index in [1.54, 1.807) is 0 Å². The summed E-state index contributed by atoms with van der Waals surface area (Å²) < 4.78 is 26.5. The Bertz CT molecular complexity index is 202. The molecule has 0 aromatic heterocycles. The van der Waals surface area contributed by atoms with Crippen molar-refractivity contribution < 1.29 is 8.78 Å². The van der Waals surface area contributed by atoms with Crippen molar-refractivity contribution in [2.45, 2.75) is 46.0 Å². The van der Waals surface area contributed by atoms with E-state index < -0.39 is 5.92 Å². The van der Waals surface area contributed by atoms with E-state index in [1.807, 2.05) is 20.8 Å². The smallest absolute Gasteiger partial charge is 0.202 e. The minimum Gasteiger partial charge on any atom is -0.202 e. The molecule has 1 aliphatic carbocycles. The first-order valence-electron chi connectivity index (χ1n) is 4.59. The summed E-state index contributed by atoms with van der Waals surface area (Å²) in [5.74, 6) is -2.52. The van der Waals surface area contributed by atoms with Gasteiger partial charge in [0.25, 0.3) is 5.92 Å². The van der Waals surface area contributed by atoms with Gasteiger partial charge in [0.2, 0.25) is 0 Å². The quantitative estimate of drug-likeness (QED) is 0.559. The molecule has 0 aromatic rings. The second-order valence-electron chi connectivity index (χ2n) is 3.73. The van der Waals surface area contributed by atoms with Crippen LogP contribution in [0.2, 0.25) is 0 Å². The van der Waals surface area contributed by atoms with Crippen molar-refractivity contribution in [1.29, 1.82) is 0 Å². The van der Waals surface area contributed by atoms with Crippen molar-refractivity contribution in [3.8, 4) is 0 Å². The molecule has 0 amide bonds. The fraction of sp³-hybridized carbons (Fsp3) is 0.800. The van der Waals surface area contributed by atoms with E-state index in [-0.39, 0.29) is 12.3 Å². The topological polar surface area (TPSA) is 0 Å². The predicted octanol–water partition coefficient (Wildman–Crippen LogP) is 3.78. The molecular weight excluding hydrogens is 158 g/mol. The molecule has 0 spiro atoms. The number of rotatable bonds is 2. The average molecular weight is 174 g/mol. The summed E-state index contributed by atoms with van der Waals surface area (Å²) in [6.45, 7) is 5.66. The van der Waals surface area contributed by atoms with Crippen LogP contribution in [0.1, 0.15) is 40.0 Å². The lowest BCUT2D eigenvalue weighted by atomic mass is 9.96. The molecule has 0 N–H and O–H groups in total. The zero-order valence-electron chi connectivity index (χ0n) is 7.95. The summed E-state index contributed by atoms with van der Waals surface area (Å²) in [4.78, 5) is 0. The van der Waals surface area contributed by atoms with Crippen LogP contribution in [0.25, 0.3) is 0 Å². The lowest BCUT2D eigenvalue weighted by molar-refractivity contribution is 0.0349. The van der Waals surface area contributed by atoms with Gasteiger partial charge < -0.3 is 0 Å². The van der Waals surface area contributed by atoms with Crippen LogP contribution < -0.4 is 0 Å². The molecule has 0 unspecified atom stereocenters. The second-order valence-corrected chi connectivity index (χ2v) is 3.73. The first kappa shape index (κ1) is 9.69. The lowest BCUT2D eigenvalue weighted by Crippen LogP contribution is -2.18. The molecule has 0 bridgehead atoms. The summed E-state index contributed by atoms with van der Waals surface area (Å²) in [6.07, 6.45) is 1.41. The van der Waals surface area contributed by atoms with Crippen molar-refractivity contribution >= 4 is 0 Å². The molecule has 70 valence electrons. The molecule has 2 heteroatoms. The largest absolute Gasteiger partial charge is 0.270 e. The highest BCUT2D eigenvalue weighted by Gasteiger charge is 2.41. The zero-order valence-corrected chi connectivity index (χ0v) is 7.95. The number of halogens is 2. The van der Waals surface area contributed by atoms with Crippen molar-refractivity contribution in [2.75, 3.05) is 0 Å². The molecule has 0 radical (unpaired) electrons. The van der Waals surface area contributed by atoms with Crippen molar-refractivity contribution in [1.82, 2.24) is 0 Å². The van der Waals surface area contributed by atoms with Crippen LogP contribution in [0.15, 0.2) is 11.1 Å². The van der Waals surface area contributed by atoms with Gasteiger partial charge >= 0.3 is 0 Å². The van der Waals surface area contributed by atoms with E-state index in [0.29, 0.717) is 12.0 Å². The van der Waals surface area contributed by atoms with Gasteiger partial charge in [-0.25, -0.2) is 8.78 Å². The maximum absolute atomic E-state index is 13.2. The molecule has 0 fully saturated rings. The van der Waals surface area contributed by atoms with Crippen LogP contribution >= 0.6 is 0 Å². The lowest BCUT2D eigenvalue weighted by Gasteiger charge is -2.18. The van der Waals surface area contributed by atoms with Gasteiger partial charge in [0.1, 0.15) is 0 Å². The molecule has 0 heterocycles. The molecule has 0 aliphatic heterocycles. The molecule has 0 aromatic carbocycles. The Morgan fingerprint density at radius 1 is 1.42 bits per heavy atom. The monoisotopic (exact) mass is 174 g/mol. The Morgan fingerprint density at radius 3 is 2.33 bits per heavy atom. The summed E-state index contributed by atoms with van der Waals surface area (Å²) >= 11 is 0. The first-order valence-corrected chi connectivity index (χ1v) is 4.59. The SMILES string of the molecule is CCC1=C(C(C)C)C(F)(F)CC1. The number of allylic oxidation sites excluding steroid dienone is 2. The Morgan fingerprint density at radius 2 is 2.00 bits per heavy atom. The van der Waals surface area contributed by atoms with E-state index in [4.69, 9.17) is 0 Å². The highest BCUT2D eigenvalue weighted by atomic mass is 19.3. The average Bonchev–Trinajstić information content (AvgIpc) is 2.24. The molecule has 0 atom stereocenters. The number of hydrogen-bond acceptors (Lipinski definition) is 0.